The zero-order valence-electron chi connectivity index (χ0n) is 21.5. The van der Waals surface area contributed by atoms with E-state index >= 15 is 0 Å². The molecule has 6 rings (SSSR count). The van der Waals surface area contributed by atoms with Crippen molar-refractivity contribution in [3.8, 4) is 22.6 Å². The minimum Gasteiger partial charge on any atom is -0.488 e. The maximum absolute atomic E-state index is 12.8. The molecule has 0 spiro atoms. The molecule has 0 N–H and O–H groups in total. The molecule has 0 saturated carbocycles. The fourth-order valence-corrected chi connectivity index (χ4v) is 6.04. The van der Waals surface area contributed by atoms with Gasteiger partial charge in [-0.2, -0.15) is 5.10 Å². The van der Waals surface area contributed by atoms with Gasteiger partial charge in [0.05, 0.1) is 5.69 Å². The molecule has 2 bridgehead atoms. The fraction of sp³-hybridized carbons (Fsp3) is 0.448. The lowest BCUT2D eigenvalue weighted by Gasteiger charge is -2.43. The molecular weight excluding hydrogens is 452 g/mol. The number of anilines is 1. The maximum Gasteiger partial charge on any atom is 0.410 e. The molecule has 188 valence electrons. The van der Waals surface area contributed by atoms with Crippen LogP contribution in [-0.2, 0) is 11.3 Å². The minimum atomic E-state index is -0.464. The summed E-state index contributed by atoms with van der Waals surface area (Å²) in [4.78, 5) is 17.3. The molecule has 3 aliphatic rings. The minimum absolute atomic E-state index is 0.156. The van der Waals surface area contributed by atoms with Crippen molar-refractivity contribution in [1.82, 2.24) is 14.7 Å². The second-order valence-corrected chi connectivity index (χ2v) is 11.3. The monoisotopic (exact) mass is 486 g/mol. The van der Waals surface area contributed by atoms with E-state index < -0.39 is 5.60 Å². The van der Waals surface area contributed by atoms with E-state index in [1.165, 1.54) is 16.8 Å². The van der Waals surface area contributed by atoms with Crippen LogP contribution in [0.25, 0.3) is 16.8 Å². The molecule has 1 amide bonds. The maximum atomic E-state index is 12.8. The predicted octanol–water partition coefficient (Wildman–Crippen LogP) is 5.80. The average Bonchev–Trinajstić information content (AvgIpc) is 3.48. The zero-order valence-corrected chi connectivity index (χ0v) is 21.5. The predicted molar refractivity (Wildman–Crippen MR) is 140 cm³/mol. The van der Waals surface area contributed by atoms with Gasteiger partial charge in [0.2, 0.25) is 0 Å². The van der Waals surface area contributed by atoms with Gasteiger partial charge in [-0.3, -0.25) is 0 Å². The summed E-state index contributed by atoms with van der Waals surface area (Å²) < 4.78 is 13.7. The number of benzene rings is 2. The molecule has 4 heterocycles. The number of ether oxygens (including phenoxy) is 2. The van der Waals surface area contributed by atoms with Crippen molar-refractivity contribution in [2.75, 3.05) is 11.9 Å². The van der Waals surface area contributed by atoms with Crippen LogP contribution in [0.2, 0.25) is 0 Å². The van der Waals surface area contributed by atoms with Crippen molar-refractivity contribution in [1.29, 1.82) is 0 Å². The highest BCUT2D eigenvalue weighted by Gasteiger charge is 2.45. The van der Waals surface area contributed by atoms with E-state index in [-0.39, 0.29) is 18.2 Å². The Bertz CT molecular complexity index is 1270. The Balaban J connectivity index is 1.19. The third kappa shape index (κ3) is 4.10. The molecule has 0 aliphatic carbocycles. The first-order chi connectivity index (χ1) is 17.3. The number of fused-ring (bicyclic) bond motifs is 5. The van der Waals surface area contributed by atoms with E-state index in [9.17, 15) is 4.79 Å². The SMILES string of the molecule is CN(c1ccc2c(c1)COc1cc(-n3cccn3)ccc1-2)[C@H]1C[C@H]2CC[C@@H](C1)N2C(=O)OC(C)(C)C. The van der Waals surface area contributed by atoms with Gasteiger partial charge in [0.25, 0.3) is 0 Å². The number of carbonyl (C=O) groups is 1. The van der Waals surface area contributed by atoms with Gasteiger partial charge in [-0.25, -0.2) is 9.48 Å². The summed E-state index contributed by atoms with van der Waals surface area (Å²) in [6.45, 7) is 6.35. The molecule has 2 fully saturated rings. The van der Waals surface area contributed by atoms with Gasteiger partial charge in [-0.05, 0) is 87.9 Å². The summed E-state index contributed by atoms with van der Waals surface area (Å²) in [5, 5.41) is 4.33. The van der Waals surface area contributed by atoms with Crippen LogP contribution in [-0.4, -0.2) is 51.5 Å². The van der Waals surface area contributed by atoms with Gasteiger partial charge in [0.15, 0.2) is 0 Å². The van der Waals surface area contributed by atoms with Gasteiger partial charge >= 0.3 is 6.09 Å². The Kier molecular flexibility index (Phi) is 5.47. The van der Waals surface area contributed by atoms with Crippen LogP contribution in [0.3, 0.4) is 0 Å². The Morgan fingerprint density at radius 2 is 1.83 bits per heavy atom. The summed E-state index contributed by atoms with van der Waals surface area (Å²) in [5.74, 6) is 0.891. The number of hydrogen-bond acceptors (Lipinski definition) is 5. The first-order valence-corrected chi connectivity index (χ1v) is 12.9. The third-order valence-corrected chi connectivity index (χ3v) is 7.76. The number of piperidine rings is 1. The topological polar surface area (TPSA) is 59.8 Å². The smallest absolute Gasteiger partial charge is 0.410 e. The van der Waals surface area contributed by atoms with Crippen LogP contribution in [0.15, 0.2) is 54.9 Å². The Morgan fingerprint density at radius 1 is 1.08 bits per heavy atom. The van der Waals surface area contributed by atoms with Crippen molar-refractivity contribution in [3.05, 3.63) is 60.4 Å². The van der Waals surface area contributed by atoms with E-state index in [1.807, 2.05) is 42.6 Å². The Hall–Kier alpha value is -3.48. The van der Waals surface area contributed by atoms with Gasteiger partial charge in [0.1, 0.15) is 18.0 Å². The van der Waals surface area contributed by atoms with Crippen molar-refractivity contribution < 1.29 is 14.3 Å². The lowest BCUT2D eigenvalue weighted by Crippen LogP contribution is -2.53. The number of carbonyl (C=O) groups excluding carboxylic acids is 1. The summed E-state index contributed by atoms with van der Waals surface area (Å²) >= 11 is 0. The van der Waals surface area contributed by atoms with Crippen LogP contribution in [0.4, 0.5) is 10.5 Å². The molecule has 3 atom stereocenters. The molecule has 2 saturated heterocycles. The van der Waals surface area contributed by atoms with E-state index in [1.54, 1.807) is 6.20 Å². The highest BCUT2D eigenvalue weighted by Crippen LogP contribution is 2.42. The molecule has 3 aromatic rings. The number of amides is 1. The van der Waals surface area contributed by atoms with Crippen LogP contribution < -0.4 is 9.64 Å². The first-order valence-electron chi connectivity index (χ1n) is 12.9. The average molecular weight is 487 g/mol. The molecular formula is C29H34N4O3. The quantitative estimate of drug-likeness (QED) is 0.468. The molecule has 0 radical (unpaired) electrons. The molecule has 2 aromatic carbocycles. The van der Waals surface area contributed by atoms with Crippen LogP contribution >= 0.6 is 0 Å². The van der Waals surface area contributed by atoms with Gasteiger partial charge in [0, 0.05) is 54.9 Å². The zero-order chi connectivity index (χ0) is 25.0. The van der Waals surface area contributed by atoms with Gasteiger partial charge in [-0.1, -0.05) is 6.07 Å². The lowest BCUT2D eigenvalue weighted by molar-refractivity contribution is 0.00599. The van der Waals surface area contributed by atoms with Crippen LogP contribution in [0.5, 0.6) is 5.75 Å². The molecule has 3 aliphatic heterocycles. The largest absolute Gasteiger partial charge is 0.488 e. The summed E-state index contributed by atoms with van der Waals surface area (Å²) in [7, 11) is 2.18. The normalized spacial score (nSPS) is 22.4. The van der Waals surface area contributed by atoms with E-state index in [0.717, 1.165) is 42.7 Å². The van der Waals surface area contributed by atoms with Crippen molar-refractivity contribution in [2.45, 2.75) is 76.8 Å². The first kappa shape index (κ1) is 23.0. The van der Waals surface area contributed by atoms with Gasteiger partial charge < -0.3 is 19.3 Å². The Morgan fingerprint density at radius 3 is 2.53 bits per heavy atom. The lowest BCUT2D eigenvalue weighted by atomic mass is 9.94. The molecule has 1 aromatic heterocycles. The number of rotatable bonds is 3. The Labute approximate surface area is 212 Å². The van der Waals surface area contributed by atoms with Crippen LogP contribution in [0.1, 0.15) is 52.0 Å². The second kappa shape index (κ2) is 8.57. The van der Waals surface area contributed by atoms with Crippen LogP contribution in [0, 0.1) is 0 Å². The summed E-state index contributed by atoms with van der Waals surface area (Å²) in [5.41, 5.74) is 5.27. The van der Waals surface area contributed by atoms with Gasteiger partial charge in [-0.15, -0.1) is 0 Å². The molecule has 7 heteroatoms. The fourth-order valence-electron chi connectivity index (χ4n) is 6.04. The summed E-state index contributed by atoms with van der Waals surface area (Å²) in [6, 6.07) is 15.8. The standard InChI is InChI=1S/C29H34N4O3/c1-29(2,3)36-28(34)33-22-6-7-23(33)16-24(15-22)31(4)20-8-10-25-19(14-20)18-35-27-17-21(9-11-26(25)27)32-13-5-12-30-32/h5,8-14,17,22-24H,6-7,15-16,18H2,1-4H3/t22-,23+,24+. The van der Waals surface area contributed by atoms with E-state index in [2.05, 4.69) is 53.4 Å². The highest BCUT2D eigenvalue weighted by molar-refractivity contribution is 5.78. The van der Waals surface area contributed by atoms with E-state index in [4.69, 9.17) is 9.47 Å². The molecule has 0 unspecified atom stereocenters. The highest BCUT2D eigenvalue weighted by atomic mass is 16.6. The van der Waals surface area contributed by atoms with Crippen molar-refractivity contribution in [3.63, 3.8) is 0 Å². The number of aromatic nitrogens is 2. The number of nitrogens with zero attached hydrogens (tertiary/aromatic N) is 4. The third-order valence-electron chi connectivity index (χ3n) is 7.76. The molecule has 7 nitrogen and oxygen atoms in total. The second-order valence-electron chi connectivity index (χ2n) is 11.3. The molecule has 36 heavy (non-hydrogen) atoms. The number of hydrogen-bond donors (Lipinski definition) is 0. The van der Waals surface area contributed by atoms with Crippen molar-refractivity contribution in [2.24, 2.45) is 0 Å². The summed E-state index contributed by atoms with van der Waals surface area (Å²) in [6.07, 6.45) is 7.62. The van der Waals surface area contributed by atoms with E-state index in [0.29, 0.717) is 12.6 Å². The van der Waals surface area contributed by atoms with Crippen molar-refractivity contribution >= 4 is 11.8 Å².